The van der Waals surface area contributed by atoms with Gasteiger partial charge in [-0.1, -0.05) is 0 Å². The fourth-order valence-electron chi connectivity index (χ4n) is 2.10. The van der Waals surface area contributed by atoms with Crippen LogP contribution in [0.25, 0.3) is 0 Å². The van der Waals surface area contributed by atoms with Crippen LogP contribution >= 0.6 is 0 Å². The zero-order valence-corrected chi connectivity index (χ0v) is 10.6. The summed E-state index contributed by atoms with van der Waals surface area (Å²) in [6.45, 7) is 1.36. The Morgan fingerprint density at radius 1 is 1.42 bits per heavy atom. The number of hydrogen-bond acceptors (Lipinski definition) is 3. The number of carbonyl (C=O) groups excluding carboxylic acids is 1. The number of carbonyl (C=O) groups is 1. The van der Waals surface area contributed by atoms with E-state index >= 15 is 0 Å². The number of rotatable bonds is 5. The van der Waals surface area contributed by atoms with Crippen LogP contribution in [0.15, 0.2) is 36.9 Å². The zero-order valence-electron chi connectivity index (χ0n) is 10.6. The van der Waals surface area contributed by atoms with E-state index in [4.69, 9.17) is 0 Å². The van der Waals surface area contributed by atoms with Gasteiger partial charge in [0, 0.05) is 43.8 Å². The molecule has 0 spiro atoms. The molecule has 98 valence electrons. The highest BCUT2D eigenvalue weighted by Crippen LogP contribution is 2.38. The molecule has 0 bridgehead atoms. The normalized spacial score (nSPS) is 14.3. The molecule has 0 aromatic carbocycles. The van der Waals surface area contributed by atoms with E-state index in [2.05, 4.69) is 19.9 Å². The maximum absolute atomic E-state index is 11.8. The predicted octanol–water partition coefficient (Wildman–Crippen LogP) is 1.59. The van der Waals surface area contributed by atoms with E-state index in [0.29, 0.717) is 18.0 Å². The second-order valence-electron chi connectivity index (χ2n) is 4.75. The zero-order chi connectivity index (χ0) is 13.1. The number of imidazole rings is 1. The maximum Gasteiger partial charge on any atom is 0.252 e. The van der Waals surface area contributed by atoms with Gasteiger partial charge in [0.15, 0.2) is 0 Å². The first kappa shape index (κ1) is 11.9. The van der Waals surface area contributed by atoms with Crippen LogP contribution in [0.3, 0.4) is 0 Å². The minimum atomic E-state index is -0.0822. The molecule has 5 heteroatoms. The summed E-state index contributed by atoms with van der Waals surface area (Å²) in [5.74, 6) is 1.70. The number of nitrogens with zero attached hydrogens (tertiary/aromatic N) is 3. The van der Waals surface area contributed by atoms with Gasteiger partial charge >= 0.3 is 0 Å². The van der Waals surface area contributed by atoms with Crippen molar-refractivity contribution in [1.29, 1.82) is 0 Å². The molecule has 19 heavy (non-hydrogen) atoms. The summed E-state index contributed by atoms with van der Waals surface area (Å²) in [5.41, 5.74) is 0.593. The third kappa shape index (κ3) is 2.81. The Morgan fingerprint density at radius 3 is 3.05 bits per heavy atom. The molecular weight excluding hydrogens is 240 g/mol. The monoisotopic (exact) mass is 256 g/mol. The maximum atomic E-state index is 11.8. The lowest BCUT2D eigenvalue weighted by Crippen LogP contribution is -2.27. The minimum absolute atomic E-state index is 0.0822. The smallest absolute Gasteiger partial charge is 0.252 e. The van der Waals surface area contributed by atoms with Gasteiger partial charge in [0.05, 0.1) is 5.56 Å². The van der Waals surface area contributed by atoms with Gasteiger partial charge in [-0.15, -0.1) is 0 Å². The average molecular weight is 256 g/mol. The molecule has 0 aliphatic heterocycles. The lowest BCUT2D eigenvalue weighted by atomic mass is 10.3. The van der Waals surface area contributed by atoms with Gasteiger partial charge in [-0.2, -0.15) is 0 Å². The lowest BCUT2D eigenvalue weighted by Gasteiger charge is -2.08. The Bertz CT molecular complexity index is 560. The molecule has 1 aliphatic carbocycles. The molecule has 2 aromatic rings. The van der Waals surface area contributed by atoms with E-state index in [1.165, 1.54) is 12.8 Å². The molecule has 1 saturated carbocycles. The van der Waals surface area contributed by atoms with Crippen LogP contribution in [0.2, 0.25) is 0 Å². The van der Waals surface area contributed by atoms with Gasteiger partial charge in [-0.3, -0.25) is 9.78 Å². The molecule has 1 fully saturated rings. The molecular formula is C14H16N4O. The first-order valence-corrected chi connectivity index (χ1v) is 6.54. The molecule has 1 N–H and O–H groups in total. The van der Waals surface area contributed by atoms with Gasteiger partial charge < -0.3 is 9.88 Å². The van der Waals surface area contributed by atoms with Crippen molar-refractivity contribution in [3.8, 4) is 0 Å². The predicted molar refractivity (Wildman–Crippen MR) is 70.8 cm³/mol. The Balaban J connectivity index is 1.53. The highest BCUT2D eigenvalue weighted by molar-refractivity contribution is 5.93. The highest BCUT2D eigenvalue weighted by atomic mass is 16.1. The van der Waals surface area contributed by atoms with Crippen molar-refractivity contribution in [2.45, 2.75) is 25.3 Å². The van der Waals surface area contributed by atoms with Gasteiger partial charge in [-0.25, -0.2) is 4.98 Å². The largest absolute Gasteiger partial charge is 0.350 e. The third-order valence-corrected chi connectivity index (χ3v) is 3.25. The highest BCUT2D eigenvalue weighted by Gasteiger charge is 2.27. The summed E-state index contributed by atoms with van der Waals surface area (Å²) < 4.78 is 2.13. The molecule has 0 radical (unpaired) electrons. The van der Waals surface area contributed by atoms with E-state index in [9.17, 15) is 4.79 Å². The number of aromatic nitrogens is 3. The van der Waals surface area contributed by atoms with Gasteiger partial charge in [0.25, 0.3) is 5.91 Å². The van der Waals surface area contributed by atoms with Crippen molar-refractivity contribution in [1.82, 2.24) is 19.9 Å². The SMILES string of the molecule is O=C(NCCn1ccnc1C1CC1)c1cccnc1. The minimum Gasteiger partial charge on any atom is -0.350 e. The molecule has 2 heterocycles. The fraction of sp³-hybridized carbons (Fsp3) is 0.357. The Hall–Kier alpha value is -2.17. The Morgan fingerprint density at radius 2 is 2.32 bits per heavy atom. The van der Waals surface area contributed by atoms with E-state index in [1.807, 2.05) is 12.4 Å². The van der Waals surface area contributed by atoms with Gasteiger partial charge in [-0.05, 0) is 25.0 Å². The summed E-state index contributed by atoms with van der Waals surface area (Å²) in [5, 5.41) is 2.90. The second kappa shape index (κ2) is 5.22. The van der Waals surface area contributed by atoms with E-state index in [1.54, 1.807) is 24.5 Å². The van der Waals surface area contributed by atoms with E-state index in [-0.39, 0.29) is 5.91 Å². The van der Waals surface area contributed by atoms with Crippen molar-refractivity contribution in [2.24, 2.45) is 0 Å². The number of amides is 1. The number of pyridine rings is 1. The van der Waals surface area contributed by atoms with Crippen LogP contribution in [-0.2, 0) is 6.54 Å². The van der Waals surface area contributed by atoms with Crippen LogP contribution in [-0.4, -0.2) is 27.0 Å². The molecule has 1 aliphatic rings. The summed E-state index contributed by atoms with van der Waals surface area (Å²) in [7, 11) is 0. The molecule has 0 atom stereocenters. The summed E-state index contributed by atoms with van der Waals surface area (Å²) >= 11 is 0. The average Bonchev–Trinajstić information content (AvgIpc) is 3.19. The number of hydrogen-bond donors (Lipinski definition) is 1. The van der Waals surface area contributed by atoms with Crippen molar-refractivity contribution < 1.29 is 4.79 Å². The van der Waals surface area contributed by atoms with Crippen LogP contribution < -0.4 is 5.32 Å². The van der Waals surface area contributed by atoms with Crippen LogP contribution in [0.5, 0.6) is 0 Å². The molecule has 1 amide bonds. The van der Waals surface area contributed by atoms with Crippen molar-refractivity contribution in [3.05, 3.63) is 48.3 Å². The van der Waals surface area contributed by atoms with Crippen LogP contribution in [0, 0.1) is 0 Å². The fourth-order valence-corrected chi connectivity index (χ4v) is 2.10. The van der Waals surface area contributed by atoms with Crippen LogP contribution in [0.4, 0.5) is 0 Å². The van der Waals surface area contributed by atoms with Gasteiger partial charge in [0.1, 0.15) is 5.82 Å². The van der Waals surface area contributed by atoms with Crippen LogP contribution in [0.1, 0.15) is 34.9 Å². The molecule has 3 rings (SSSR count). The second-order valence-corrected chi connectivity index (χ2v) is 4.75. The van der Waals surface area contributed by atoms with Gasteiger partial charge in [0.2, 0.25) is 0 Å². The first-order valence-electron chi connectivity index (χ1n) is 6.54. The van der Waals surface area contributed by atoms with E-state index < -0.39 is 0 Å². The van der Waals surface area contributed by atoms with E-state index in [0.717, 1.165) is 12.4 Å². The molecule has 0 saturated heterocycles. The first-order chi connectivity index (χ1) is 9.34. The molecule has 5 nitrogen and oxygen atoms in total. The quantitative estimate of drug-likeness (QED) is 0.883. The van der Waals surface area contributed by atoms with Crippen molar-refractivity contribution >= 4 is 5.91 Å². The van der Waals surface area contributed by atoms with Crippen molar-refractivity contribution in [2.75, 3.05) is 6.54 Å². The molecule has 0 unspecified atom stereocenters. The standard InChI is InChI=1S/C14H16N4O/c19-14(12-2-1-5-15-10-12)17-7-9-18-8-6-16-13(18)11-3-4-11/h1-2,5-6,8,10-11H,3-4,7,9H2,(H,17,19). The van der Waals surface area contributed by atoms with Crippen molar-refractivity contribution in [3.63, 3.8) is 0 Å². The lowest BCUT2D eigenvalue weighted by molar-refractivity contribution is 0.0952. The Labute approximate surface area is 111 Å². The summed E-state index contributed by atoms with van der Waals surface area (Å²) in [6.07, 6.45) is 9.50. The summed E-state index contributed by atoms with van der Waals surface area (Å²) in [6, 6.07) is 3.52. The summed E-state index contributed by atoms with van der Waals surface area (Å²) in [4.78, 5) is 20.1. The number of nitrogens with one attached hydrogen (secondary N) is 1. The molecule has 2 aromatic heterocycles. The third-order valence-electron chi connectivity index (χ3n) is 3.25. The topological polar surface area (TPSA) is 59.8 Å². The Kier molecular flexibility index (Phi) is 3.27.